The van der Waals surface area contributed by atoms with E-state index in [1.165, 1.54) is 44.2 Å². The lowest BCUT2D eigenvalue weighted by Gasteiger charge is -2.40. The Hall–Kier alpha value is -0.860. The average molecular weight is 274 g/mol. The first-order valence-corrected chi connectivity index (χ1v) is 8.23. The van der Waals surface area contributed by atoms with Crippen LogP contribution in [0.4, 0.5) is 0 Å². The highest BCUT2D eigenvalue weighted by Crippen LogP contribution is 2.34. The van der Waals surface area contributed by atoms with E-state index in [2.05, 4.69) is 49.2 Å². The Labute approximate surface area is 124 Å². The molecule has 2 heteroatoms. The fourth-order valence-corrected chi connectivity index (χ4v) is 3.48. The fourth-order valence-electron chi connectivity index (χ4n) is 3.48. The lowest BCUT2D eigenvalue weighted by atomic mass is 9.78. The van der Waals surface area contributed by atoms with Crippen molar-refractivity contribution in [3.05, 3.63) is 35.9 Å². The van der Waals surface area contributed by atoms with Gasteiger partial charge in [0.1, 0.15) is 0 Å². The summed E-state index contributed by atoms with van der Waals surface area (Å²) < 4.78 is 0. The largest absolute Gasteiger partial charge is 0.326 e. The molecule has 1 aliphatic carbocycles. The third-order valence-corrected chi connectivity index (χ3v) is 4.82. The number of hydrogen-bond acceptors (Lipinski definition) is 2. The highest BCUT2D eigenvalue weighted by Gasteiger charge is 2.31. The van der Waals surface area contributed by atoms with Crippen molar-refractivity contribution in [1.82, 2.24) is 4.90 Å². The summed E-state index contributed by atoms with van der Waals surface area (Å²) in [5.41, 5.74) is 7.87. The van der Waals surface area contributed by atoms with Gasteiger partial charge in [0.15, 0.2) is 0 Å². The van der Waals surface area contributed by atoms with Crippen molar-refractivity contribution in [2.75, 3.05) is 13.6 Å². The summed E-state index contributed by atoms with van der Waals surface area (Å²) in [7, 11) is 2.26. The molecule has 0 aliphatic heterocycles. The number of hydrogen-bond donors (Lipinski definition) is 1. The summed E-state index contributed by atoms with van der Waals surface area (Å²) in [5.74, 6) is 0.689. The van der Waals surface area contributed by atoms with Crippen LogP contribution in [0.3, 0.4) is 0 Å². The van der Waals surface area contributed by atoms with E-state index in [-0.39, 0.29) is 0 Å². The van der Waals surface area contributed by atoms with Crippen LogP contribution in [0.25, 0.3) is 0 Å². The highest BCUT2D eigenvalue weighted by atomic mass is 15.1. The molecule has 0 amide bonds. The first kappa shape index (κ1) is 15.5. The molecule has 2 nitrogen and oxygen atoms in total. The summed E-state index contributed by atoms with van der Waals surface area (Å²) in [4.78, 5) is 2.51. The maximum absolute atomic E-state index is 6.38. The minimum Gasteiger partial charge on any atom is -0.326 e. The van der Waals surface area contributed by atoms with Gasteiger partial charge in [-0.15, -0.1) is 0 Å². The molecule has 112 valence electrons. The average Bonchev–Trinajstić information content (AvgIpc) is 2.49. The van der Waals surface area contributed by atoms with Gasteiger partial charge in [0, 0.05) is 12.1 Å². The molecule has 0 saturated heterocycles. The number of nitrogens with two attached hydrogens (primary N) is 1. The van der Waals surface area contributed by atoms with Gasteiger partial charge in [-0.1, -0.05) is 50.1 Å². The Morgan fingerprint density at radius 3 is 2.60 bits per heavy atom. The van der Waals surface area contributed by atoms with Crippen LogP contribution in [-0.2, 0) is 0 Å². The minimum absolute atomic E-state index is 0.349. The Morgan fingerprint density at radius 1 is 1.15 bits per heavy atom. The topological polar surface area (TPSA) is 29.3 Å². The smallest absolute Gasteiger partial charge is 0.0249 e. The van der Waals surface area contributed by atoms with Crippen molar-refractivity contribution >= 4 is 0 Å². The molecular weight excluding hydrogens is 244 g/mol. The number of unbranched alkanes of at least 4 members (excludes halogenated alkanes) is 2. The van der Waals surface area contributed by atoms with Crippen LogP contribution in [0.1, 0.15) is 56.9 Å². The van der Waals surface area contributed by atoms with E-state index >= 15 is 0 Å². The standard InChI is InChI=1S/C18H30N2/c1-3-4-8-13-20(2)18-14-16(11-12-17(18)19)15-9-6-5-7-10-15/h5-7,9-10,16-18H,3-4,8,11-14,19H2,1-2H3. The predicted octanol–water partition coefficient (Wildman–Crippen LogP) is 3.77. The summed E-state index contributed by atoms with van der Waals surface area (Å²) >= 11 is 0. The third kappa shape index (κ3) is 4.07. The fraction of sp³-hybridized carbons (Fsp3) is 0.667. The molecule has 1 fully saturated rings. The summed E-state index contributed by atoms with van der Waals surface area (Å²) in [6, 6.07) is 11.9. The van der Waals surface area contributed by atoms with Crippen LogP contribution in [0, 0.1) is 0 Å². The SMILES string of the molecule is CCCCCN(C)C1CC(c2ccccc2)CCC1N. The van der Waals surface area contributed by atoms with Crippen LogP contribution in [0.15, 0.2) is 30.3 Å². The van der Waals surface area contributed by atoms with E-state index in [9.17, 15) is 0 Å². The summed E-state index contributed by atoms with van der Waals surface area (Å²) in [5, 5.41) is 0. The first-order chi connectivity index (χ1) is 9.72. The number of nitrogens with zero attached hydrogens (tertiary/aromatic N) is 1. The second-order valence-corrected chi connectivity index (χ2v) is 6.34. The Kier molecular flexibility index (Phi) is 6.06. The monoisotopic (exact) mass is 274 g/mol. The van der Waals surface area contributed by atoms with E-state index in [0.29, 0.717) is 18.0 Å². The van der Waals surface area contributed by atoms with Gasteiger partial charge in [-0.05, 0) is 50.8 Å². The number of likely N-dealkylation sites (N-methyl/N-ethyl adjacent to an activating group) is 1. The molecule has 0 heterocycles. The lowest BCUT2D eigenvalue weighted by molar-refractivity contribution is 0.155. The predicted molar refractivity (Wildman–Crippen MR) is 87.0 cm³/mol. The van der Waals surface area contributed by atoms with Crippen LogP contribution in [0.5, 0.6) is 0 Å². The van der Waals surface area contributed by atoms with Gasteiger partial charge >= 0.3 is 0 Å². The zero-order chi connectivity index (χ0) is 14.4. The zero-order valence-corrected chi connectivity index (χ0v) is 13.1. The Morgan fingerprint density at radius 2 is 1.90 bits per heavy atom. The normalized spacial score (nSPS) is 26.9. The molecule has 0 spiro atoms. The molecule has 2 rings (SSSR count). The van der Waals surface area contributed by atoms with Gasteiger partial charge in [-0.3, -0.25) is 0 Å². The van der Waals surface area contributed by atoms with E-state index in [1.54, 1.807) is 0 Å². The molecule has 0 bridgehead atoms. The molecule has 1 aliphatic rings. The maximum atomic E-state index is 6.38. The second kappa shape index (κ2) is 7.80. The highest BCUT2D eigenvalue weighted by molar-refractivity contribution is 5.20. The lowest BCUT2D eigenvalue weighted by Crippen LogP contribution is -2.49. The molecule has 0 radical (unpaired) electrons. The minimum atomic E-state index is 0.349. The van der Waals surface area contributed by atoms with Crippen molar-refractivity contribution in [2.24, 2.45) is 5.73 Å². The zero-order valence-electron chi connectivity index (χ0n) is 13.1. The van der Waals surface area contributed by atoms with Crippen molar-refractivity contribution < 1.29 is 0 Å². The molecule has 0 aromatic heterocycles. The molecule has 3 atom stereocenters. The maximum Gasteiger partial charge on any atom is 0.0249 e. The quantitative estimate of drug-likeness (QED) is 0.800. The van der Waals surface area contributed by atoms with Crippen LogP contribution in [0.2, 0.25) is 0 Å². The molecule has 2 N–H and O–H groups in total. The molecule has 1 saturated carbocycles. The summed E-state index contributed by atoms with van der Waals surface area (Å²) in [6.07, 6.45) is 7.53. The van der Waals surface area contributed by atoms with Gasteiger partial charge in [0.2, 0.25) is 0 Å². The molecular formula is C18H30N2. The van der Waals surface area contributed by atoms with Crippen molar-refractivity contribution in [1.29, 1.82) is 0 Å². The Bertz CT molecular complexity index is 376. The molecule has 3 unspecified atom stereocenters. The van der Waals surface area contributed by atoms with Crippen molar-refractivity contribution in [2.45, 2.75) is 63.5 Å². The molecule has 20 heavy (non-hydrogen) atoms. The molecule has 1 aromatic carbocycles. The number of rotatable bonds is 6. The van der Waals surface area contributed by atoms with Crippen molar-refractivity contribution in [3.8, 4) is 0 Å². The molecule has 1 aromatic rings. The first-order valence-electron chi connectivity index (χ1n) is 8.23. The van der Waals surface area contributed by atoms with Gasteiger partial charge in [0.05, 0.1) is 0 Å². The van der Waals surface area contributed by atoms with Crippen LogP contribution >= 0.6 is 0 Å². The Balaban J connectivity index is 1.94. The third-order valence-electron chi connectivity index (χ3n) is 4.82. The number of benzene rings is 1. The summed E-state index contributed by atoms with van der Waals surface area (Å²) in [6.45, 7) is 3.45. The van der Waals surface area contributed by atoms with Gasteiger partial charge < -0.3 is 10.6 Å². The van der Waals surface area contributed by atoms with Crippen LogP contribution < -0.4 is 5.73 Å². The van der Waals surface area contributed by atoms with Crippen LogP contribution in [-0.4, -0.2) is 30.6 Å². The van der Waals surface area contributed by atoms with Gasteiger partial charge in [-0.2, -0.15) is 0 Å². The van der Waals surface area contributed by atoms with Gasteiger partial charge in [-0.25, -0.2) is 0 Å². The van der Waals surface area contributed by atoms with E-state index in [0.717, 1.165) is 6.42 Å². The van der Waals surface area contributed by atoms with Gasteiger partial charge in [0.25, 0.3) is 0 Å². The van der Waals surface area contributed by atoms with E-state index in [1.807, 2.05) is 0 Å². The van der Waals surface area contributed by atoms with E-state index in [4.69, 9.17) is 5.73 Å². The second-order valence-electron chi connectivity index (χ2n) is 6.34. The van der Waals surface area contributed by atoms with E-state index < -0.39 is 0 Å². The van der Waals surface area contributed by atoms with Crippen molar-refractivity contribution in [3.63, 3.8) is 0 Å².